The van der Waals surface area contributed by atoms with Gasteiger partial charge in [-0.05, 0) is 33.0 Å². The average Bonchev–Trinajstić information content (AvgIpc) is 2.46. The van der Waals surface area contributed by atoms with E-state index in [2.05, 4.69) is 24.3 Å². The number of likely N-dealkylation sites (tertiary alicyclic amines) is 1. The first-order chi connectivity index (χ1) is 4.34. The summed E-state index contributed by atoms with van der Waals surface area (Å²) >= 11 is 0. The first-order valence-corrected chi connectivity index (χ1v) is 3.72. The van der Waals surface area contributed by atoms with E-state index in [4.69, 9.17) is 0 Å². The lowest BCUT2D eigenvalue weighted by Crippen LogP contribution is -2.27. The molecule has 0 aromatic heterocycles. The molecule has 2 fully saturated rings. The van der Waals surface area contributed by atoms with Crippen LogP contribution in [0.25, 0.3) is 0 Å². The highest BCUT2D eigenvalue weighted by Gasteiger charge is 2.54. The van der Waals surface area contributed by atoms with Crippen molar-refractivity contribution in [2.75, 3.05) is 20.6 Å². The van der Waals surface area contributed by atoms with Crippen LogP contribution in [0.3, 0.4) is 0 Å². The predicted octanol–water partition coefficient (Wildman–Crippen LogP) is -0.0917. The highest BCUT2D eigenvalue weighted by Crippen LogP contribution is 2.43. The molecule has 0 aromatic rings. The van der Waals surface area contributed by atoms with Gasteiger partial charge in [0.15, 0.2) is 0 Å². The van der Waals surface area contributed by atoms with E-state index >= 15 is 0 Å². The molecule has 2 rings (SSSR count). The van der Waals surface area contributed by atoms with Crippen molar-refractivity contribution < 1.29 is 0 Å². The molecular formula is C7H14N2. The molecule has 2 heteroatoms. The predicted molar refractivity (Wildman–Crippen MR) is 37.4 cm³/mol. The summed E-state index contributed by atoms with van der Waals surface area (Å²) in [6.07, 6.45) is 1.41. The molecule has 52 valence electrons. The van der Waals surface area contributed by atoms with Crippen molar-refractivity contribution in [1.29, 1.82) is 0 Å². The minimum absolute atomic E-state index is 0.823. The second kappa shape index (κ2) is 1.70. The molecule has 1 aliphatic carbocycles. The zero-order valence-electron chi connectivity index (χ0n) is 6.09. The highest BCUT2D eigenvalue weighted by atomic mass is 15.3. The van der Waals surface area contributed by atoms with Gasteiger partial charge in [-0.25, -0.2) is 0 Å². The van der Waals surface area contributed by atoms with Crippen molar-refractivity contribution in [3.63, 3.8) is 0 Å². The van der Waals surface area contributed by atoms with Gasteiger partial charge >= 0.3 is 0 Å². The monoisotopic (exact) mass is 126 g/mol. The lowest BCUT2D eigenvalue weighted by Gasteiger charge is -2.11. The molecule has 9 heavy (non-hydrogen) atoms. The largest absolute Gasteiger partial charge is 0.315 e. The van der Waals surface area contributed by atoms with E-state index in [9.17, 15) is 0 Å². The van der Waals surface area contributed by atoms with Gasteiger partial charge in [-0.2, -0.15) is 0 Å². The van der Waals surface area contributed by atoms with Crippen molar-refractivity contribution in [3.05, 3.63) is 0 Å². The zero-order valence-corrected chi connectivity index (χ0v) is 6.09. The topological polar surface area (TPSA) is 15.3 Å². The Morgan fingerprint density at radius 3 is 2.67 bits per heavy atom. The fraction of sp³-hybridized carbons (Fsp3) is 1.00. The summed E-state index contributed by atoms with van der Waals surface area (Å²) in [6.45, 7) is 1.31. The summed E-state index contributed by atoms with van der Waals surface area (Å²) in [7, 11) is 4.29. The van der Waals surface area contributed by atoms with E-state index < -0.39 is 0 Å². The smallest absolute Gasteiger partial charge is 0.0293 e. The Labute approximate surface area is 56.2 Å². The molecule has 0 spiro atoms. The van der Waals surface area contributed by atoms with E-state index in [0.717, 1.165) is 18.0 Å². The molecule has 3 atom stereocenters. The van der Waals surface area contributed by atoms with Crippen LogP contribution in [-0.4, -0.2) is 37.6 Å². The quantitative estimate of drug-likeness (QED) is 0.528. The fourth-order valence-corrected chi connectivity index (χ4v) is 2.19. The standard InChI is InChI=1S/C7H14N2/c1-8-6-5-3-4-9(2)7(5)6/h5-8H,3-4H2,1-2H3/t5-,6?,7-/m1/s1. The number of rotatable bonds is 1. The summed E-state index contributed by atoms with van der Waals surface area (Å²) in [5.41, 5.74) is 0. The second-order valence-corrected chi connectivity index (χ2v) is 3.24. The number of hydrogen-bond acceptors (Lipinski definition) is 2. The fourth-order valence-electron chi connectivity index (χ4n) is 2.19. The minimum atomic E-state index is 0.823. The van der Waals surface area contributed by atoms with Gasteiger partial charge in [0.1, 0.15) is 0 Å². The molecule has 1 aliphatic heterocycles. The van der Waals surface area contributed by atoms with Crippen LogP contribution in [0, 0.1) is 5.92 Å². The third-order valence-electron chi connectivity index (χ3n) is 2.78. The van der Waals surface area contributed by atoms with E-state index in [0.29, 0.717) is 0 Å². The van der Waals surface area contributed by atoms with Gasteiger partial charge in [-0.15, -0.1) is 0 Å². The van der Waals surface area contributed by atoms with E-state index in [1.165, 1.54) is 13.0 Å². The van der Waals surface area contributed by atoms with Crippen LogP contribution in [0.1, 0.15) is 6.42 Å². The van der Waals surface area contributed by atoms with Crippen molar-refractivity contribution in [2.24, 2.45) is 5.92 Å². The second-order valence-electron chi connectivity index (χ2n) is 3.24. The molecule has 2 nitrogen and oxygen atoms in total. The molecule has 1 saturated heterocycles. The van der Waals surface area contributed by atoms with Gasteiger partial charge in [0.25, 0.3) is 0 Å². The number of fused-ring (bicyclic) bond motifs is 1. The Morgan fingerprint density at radius 2 is 2.33 bits per heavy atom. The number of nitrogens with one attached hydrogen (secondary N) is 1. The average molecular weight is 126 g/mol. The van der Waals surface area contributed by atoms with Crippen molar-refractivity contribution in [3.8, 4) is 0 Å². The SMILES string of the molecule is CNC1[C@H]2CCN(C)[C@@H]12. The summed E-state index contributed by atoms with van der Waals surface area (Å²) in [6, 6.07) is 1.71. The van der Waals surface area contributed by atoms with E-state index in [-0.39, 0.29) is 0 Å². The molecule has 0 radical (unpaired) electrons. The Bertz CT molecular complexity index is 120. The van der Waals surface area contributed by atoms with Crippen LogP contribution in [0.5, 0.6) is 0 Å². The molecule has 0 bridgehead atoms. The Balaban J connectivity index is 1.98. The zero-order chi connectivity index (χ0) is 6.43. The summed E-state index contributed by atoms with van der Waals surface area (Å²) < 4.78 is 0. The number of likely N-dealkylation sites (N-methyl/N-ethyl adjacent to an activating group) is 2. The maximum atomic E-state index is 3.33. The minimum Gasteiger partial charge on any atom is -0.315 e. The summed E-state index contributed by atoms with van der Waals surface area (Å²) in [5, 5.41) is 3.33. The third kappa shape index (κ3) is 0.634. The van der Waals surface area contributed by atoms with Crippen LogP contribution in [-0.2, 0) is 0 Å². The van der Waals surface area contributed by atoms with E-state index in [1.54, 1.807) is 0 Å². The van der Waals surface area contributed by atoms with Gasteiger partial charge in [0, 0.05) is 12.1 Å². The van der Waals surface area contributed by atoms with Gasteiger partial charge in [-0.1, -0.05) is 0 Å². The molecule has 2 aliphatic rings. The number of hydrogen-bond donors (Lipinski definition) is 1. The third-order valence-corrected chi connectivity index (χ3v) is 2.78. The normalized spacial score (nSPS) is 49.3. The van der Waals surface area contributed by atoms with Crippen LogP contribution in [0.2, 0.25) is 0 Å². The Morgan fingerprint density at radius 1 is 1.56 bits per heavy atom. The first kappa shape index (κ1) is 5.69. The van der Waals surface area contributed by atoms with Crippen LogP contribution in [0.15, 0.2) is 0 Å². The maximum Gasteiger partial charge on any atom is 0.0293 e. The van der Waals surface area contributed by atoms with Crippen LogP contribution in [0.4, 0.5) is 0 Å². The van der Waals surface area contributed by atoms with Gasteiger partial charge in [0.2, 0.25) is 0 Å². The molecule has 0 aromatic carbocycles. The van der Waals surface area contributed by atoms with Gasteiger partial charge in [-0.3, -0.25) is 0 Å². The first-order valence-electron chi connectivity index (χ1n) is 3.72. The van der Waals surface area contributed by atoms with Crippen molar-refractivity contribution in [1.82, 2.24) is 10.2 Å². The van der Waals surface area contributed by atoms with Crippen molar-refractivity contribution >= 4 is 0 Å². The molecule has 0 amide bonds. The van der Waals surface area contributed by atoms with Crippen LogP contribution < -0.4 is 5.32 Å². The Hall–Kier alpha value is -0.0800. The molecule has 1 N–H and O–H groups in total. The highest BCUT2D eigenvalue weighted by molar-refractivity contribution is 5.12. The van der Waals surface area contributed by atoms with Gasteiger partial charge < -0.3 is 10.2 Å². The molecule has 1 heterocycles. The molecule has 1 unspecified atom stereocenters. The van der Waals surface area contributed by atoms with E-state index in [1.807, 2.05) is 0 Å². The number of piperidine rings is 1. The van der Waals surface area contributed by atoms with Crippen LogP contribution >= 0.6 is 0 Å². The molecule has 1 saturated carbocycles. The maximum absolute atomic E-state index is 3.33. The molecular weight excluding hydrogens is 112 g/mol. The Kier molecular flexibility index (Phi) is 1.08. The summed E-state index contributed by atoms with van der Waals surface area (Å²) in [5.74, 6) is 0.986. The number of nitrogens with zero attached hydrogens (tertiary/aromatic N) is 1. The van der Waals surface area contributed by atoms with Crippen molar-refractivity contribution in [2.45, 2.75) is 18.5 Å². The lowest BCUT2D eigenvalue weighted by molar-refractivity contribution is 0.349. The summed E-state index contributed by atoms with van der Waals surface area (Å²) in [4.78, 5) is 2.46. The lowest BCUT2D eigenvalue weighted by atomic mass is 10.3. The van der Waals surface area contributed by atoms with Gasteiger partial charge in [0.05, 0.1) is 0 Å².